The number of aryl methyl sites for hydroxylation is 2. The van der Waals surface area contributed by atoms with E-state index in [0.29, 0.717) is 12.4 Å². The minimum Gasteiger partial charge on any atom is -0.493 e. The van der Waals surface area contributed by atoms with Gasteiger partial charge in [0, 0.05) is 0 Å². The largest absolute Gasteiger partial charge is 0.493 e. The zero-order valence-corrected chi connectivity index (χ0v) is 10.4. The maximum Gasteiger partial charge on any atom is 0.191 e. The number of rotatable bonds is 6. The fourth-order valence-electron chi connectivity index (χ4n) is 1.68. The summed E-state index contributed by atoms with van der Waals surface area (Å²) >= 11 is 0. The Balaban J connectivity index is 1.68. The molecular weight excluding hydrogens is 230 g/mol. The number of para-hydroxylation sites is 1. The summed E-state index contributed by atoms with van der Waals surface area (Å²) < 4.78 is 10.2. The molecule has 2 rings (SSSR count). The minimum atomic E-state index is 0.384. The molecule has 0 atom stereocenters. The molecule has 0 fully saturated rings. The van der Waals surface area contributed by atoms with Gasteiger partial charge in [0.1, 0.15) is 11.4 Å². The predicted molar refractivity (Wildman–Crippen MR) is 68.3 cm³/mol. The molecule has 5 nitrogen and oxygen atoms in total. The average Bonchev–Trinajstić information content (AvgIpc) is 2.77. The Bertz CT molecular complexity index is 496. The Kier molecular flexibility index (Phi) is 4.17. The van der Waals surface area contributed by atoms with Gasteiger partial charge in [-0.3, -0.25) is 0 Å². The molecule has 1 aromatic heterocycles. The van der Waals surface area contributed by atoms with E-state index in [9.17, 15) is 0 Å². The van der Waals surface area contributed by atoms with Crippen LogP contribution < -0.4 is 10.5 Å². The molecule has 0 spiro atoms. The standard InChI is InChI=1S/C13H17N3O2/c1-10-6-2-3-8-12(10)17-9-5-4-7-11-13(14)16-18-15-11/h2-3,6,8H,4-5,7,9H2,1H3,(H2,14,16). The van der Waals surface area contributed by atoms with Crippen LogP contribution in [-0.2, 0) is 6.42 Å². The number of ether oxygens (including phenoxy) is 1. The van der Waals surface area contributed by atoms with Gasteiger partial charge in [0.25, 0.3) is 0 Å². The van der Waals surface area contributed by atoms with Crippen LogP contribution >= 0.6 is 0 Å². The second kappa shape index (κ2) is 6.05. The van der Waals surface area contributed by atoms with Crippen molar-refractivity contribution in [2.75, 3.05) is 12.3 Å². The summed E-state index contributed by atoms with van der Waals surface area (Å²) in [7, 11) is 0. The predicted octanol–water partition coefficient (Wildman–Crippen LogP) is 2.36. The first-order valence-electron chi connectivity index (χ1n) is 6.02. The highest BCUT2D eigenvalue weighted by atomic mass is 16.6. The van der Waals surface area contributed by atoms with Crippen molar-refractivity contribution < 1.29 is 9.37 Å². The molecule has 2 N–H and O–H groups in total. The zero-order chi connectivity index (χ0) is 12.8. The van der Waals surface area contributed by atoms with Crippen LogP contribution in [0.3, 0.4) is 0 Å². The van der Waals surface area contributed by atoms with E-state index in [-0.39, 0.29) is 0 Å². The van der Waals surface area contributed by atoms with E-state index < -0.39 is 0 Å². The highest BCUT2D eigenvalue weighted by Gasteiger charge is 2.05. The van der Waals surface area contributed by atoms with Gasteiger partial charge in [-0.1, -0.05) is 23.4 Å². The molecule has 1 heterocycles. The van der Waals surface area contributed by atoms with Crippen LogP contribution in [0.4, 0.5) is 5.82 Å². The third-order valence-electron chi connectivity index (χ3n) is 2.74. The van der Waals surface area contributed by atoms with E-state index in [1.807, 2.05) is 31.2 Å². The quantitative estimate of drug-likeness (QED) is 0.793. The summed E-state index contributed by atoms with van der Waals surface area (Å²) in [5, 5.41) is 7.27. The van der Waals surface area contributed by atoms with Crippen molar-refractivity contribution in [2.24, 2.45) is 0 Å². The van der Waals surface area contributed by atoms with Gasteiger partial charge in [-0.2, -0.15) is 0 Å². The van der Waals surface area contributed by atoms with Crippen LogP contribution in [0.15, 0.2) is 28.9 Å². The summed E-state index contributed by atoms with van der Waals surface area (Å²) in [6.45, 7) is 2.73. The zero-order valence-electron chi connectivity index (χ0n) is 10.4. The van der Waals surface area contributed by atoms with E-state index in [0.717, 1.165) is 36.3 Å². The molecule has 0 aliphatic carbocycles. The van der Waals surface area contributed by atoms with Gasteiger partial charge in [0.15, 0.2) is 5.82 Å². The second-order valence-corrected chi connectivity index (χ2v) is 4.17. The van der Waals surface area contributed by atoms with Crippen molar-refractivity contribution in [3.63, 3.8) is 0 Å². The molecule has 0 amide bonds. The molecule has 0 aliphatic heterocycles. The van der Waals surface area contributed by atoms with Crippen molar-refractivity contribution >= 4 is 5.82 Å². The highest BCUT2D eigenvalue weighted by molar-refractivity contribution is 5.32. The maximum atomic E-state index is 5.70. The monoisotopic (exact) mass is 247 g/mol. The topological polar surface area (TPSA) is 74.2 Å². The number of unbranched alkanes of at least 4 members (excludes halogenated alkanes) is 1. The smallest absolute Gasteiger partial charge is 0.191 e. The first-order chi connectivity index (χ1) is 8.77. The van der Waals surface area contributed by atoms with Crippen molar-refractivity contribution in [1.29, 1.82) is 0 Å². The molecule has 0 aliphatic rings. The number of anilines is 1. The number of nitrogens with two attached hydrogens (primary N) is 1. The summed E-state index contributed by atoms with van der Waals surface area (Å²) in [5.41, 5.74) is 7.45. The molecule has 0 saturated heterocycles. The fraction of sp³-hybridized carbons (Fsp3) is 0.385. The van der Waals surface area contributed by atoms with Crippen LogP contribution in [-0.4, -0.2) is 16.9 Å². The Morgan fingerprint density at radius 3 is 2.78 bits per heavy atom. The highest BCUT2D eigenvalue weighted by Crippen LogP contribution is 2.16. The van der Waals surface area contributed by atoms with Crippen LogP contribution in [0.5, 0.6) is 5.75 Å². The Morgan fingerprint density at radius 2 is 2.06 bits per heavy atom. The van der Waals surface area contributed by atoms with Gasteiger partial charge in [-0.05, 0) is 43.0 Å². The van der Waals surface area contributed by atoms with Crippen LogP contribution in [0, 0.1) is 6.92 Å². The third kappa shape index (κ3) is 3.23. The van der Waals surface area contributed by atoms with E-state index in [4.69, 9.17) is 10.5 Å². The maximum absolute atomic E-state index is 5.70. The lowest BCUT2D eigenvalue weighted by atomic mass is 10.2. The molecule has 5 heteroatoms. The average molecular weight is 247 g/mol. The van der Waals surface area contributed by atoms with E-state index in [1.165, 1.54) is 0 Å². The van der Waals surface area contributed by atoms with Crippen molar-refractivity contribution in [1.82, 2.24) is 10.3 Å². The van der Waals surface area contributed by atoms with Crippen molar-refractivity contribution in [2.45, 2.75) is 26.2 Å². The van der Waals surface area contributed by atoms with Crippen molar-refractivity contribution in [3.05, 3.63) is 35.5 Å². The lowest BCUT2D eigenvalue weighted by Gasteiger charge is -2.08. The Labute approximate surface area is 106 Å². The minimum absolute atomic E-state index is 0.384. The molecule has 18 heavy (non-hydrogen) atoms. The summed E-state index contributed by atoms with van der Waals surface area (Å²) in [5.74, 6) is 1.33. The Hall–Kier alpha value is -2.04. The van der Waals surface area contributed by atoms with Crippen molar-refractivity contribution in [3.8, 4) is 5.75 Å². The molecule has 2 aromatic rings. The van der Waals surface area contributed by atoms with Crippen LogP contribution in [0.25, 0.3) is 0 Å². The van der Waals surface area contributed by atoms with Gasteiger partial charge >= 0.3 is 0 Å². The van der Waals surface area contributed by atoms with E-state index in [2.05, 4.69) is 14.9 Å². The lowest BCUT2D eigenvalue weighted by molar-refractivity contribution is 0.297. The molecular formula is C13H17N3O2. The van der Waals surface area contributed by atoms with Gasteiger partial charge in [0.2, 0.25) is 0 Å². The van der Waals surface area contributed by atoms with Gasteiger partial charge < -0.3 is 10.5 Å². The molecule has 0 saturated carbocycles. The number of nitrogen functional groups attached to an aromatic ring is 1. The van der Waals surface area contributed by atoms with Crippen LogP contribution in [0.2, 0.25) is 0 Å². The second-order valence-electron chi connectivity index (χ2n) is 4.17. The van der Waals surface area contributed by atoms with Crippen LogP contribution in [0.1, 0.15) is 24.1 Å². The van der Waals surface area contributed by atoms with Gasteiger partial charge in [-0.25, -0.2) is 4.63 Å². The number of nitrogens with zero attached hydrogens (tertiary/aromatic N) is 2. The molecule has 96 valence electrons. The number of hydrogen-bond acceptors (Lipinski definition) is 5. The molecule has 0 bridgehead atoms. The van der Waals surface area contributed by atoms with E-state index in [1.54, 1.807) is 0 Å². The lowest BCUT2D eigenvalue weighted by Crippen LogP contribution is -2.00. The first-order valence-corrected chi connectivity index (χ1v) is 6.02. The SMILES string of the molecule is Cc1ccccc1OCCCCc1nonc1N. The van der Waals surface area contributed by atoms with Gasteiger partial charge in [-0.15, -0.1) is 0 Å². The number of benzene rings is 1. The number of hydrogen-bond donors (Lipinski definition) is 1. The third-order valence-corrected chi connectivity index (χ3v) is 2.74. The first kappa shape index (κ1) is 12.4. The van der Waals surface area contributed by atoms with E-state index >= 15 is 0 Å². The number of aromatic nitrogens is 2. The molecule has 0 unspecified atom stereocenters. The normalized spacial score (nSPS) is 10.5. The summed E-state index contributed by atoms with van der Waals surface area (Å²) in [6.07, 6.45) is 2.66. The summed E-state index contributed by atoms with van der Waals surface area (Å²) in [6, 6.07) is 8.00. The fourth-order valence-corrected chi connectivity index (χ4v) is 1.68. The molecule has 1 aromatic carbocycles. The van der Waals surface area contributed by atoms with Gasteiger partial charge in [0.05, 0.1) is 6.61 Å². The summed E-state index contributed by atoms with van der Waals surface area (Å²) in [4.78, 5) is 0. The Morgan fingerprint density at radius 1 is 1.22 bits per heavy atom. The molecule has 0 radical (unpaired) electrons.